The monoisotopic (exact) mass is 496 g/mol. The number of pyridine rings is 1. The number of nitrogen functional groups attached to an aromatic ring is 1. The van der Waals surface area contributed by atoms with Gasteiger partial charge < -0.3 is 25.6 Å². The number of nitrogens with zero attached hydrogens (tertiary/aromatic N) is 2. The third-order valence-corrected chi connectivity index (χ3v) is 5.45. The Labute approximate surface area is 200 Å². The van der Waals surface area contributed by atoms with Gasteiger partial charge in [0, 0.05) is 50.2 Å². The molecule has 1 saturated heterocycles. The van der Waals surface area contributed by atoms with E-state index in [1.54, 1.807) is 31.5 Å². The number of hydrogen-bond acceptors (Lipinski definition) is 10. The number of esters is 2. The second-order valence-corrected chi connectivity index (χ2v) is 7.94. The minimum absolute atomic E-state index is 0.161. The molecule has 3 heterocycles. The number of nitrogens with one attached hydrogen (secondary N) is 1. The number of carbonyl (C=O) groups is 5. The van der Waals surface area contributed by atoms with Gasteiger partial charge >= 0.3 is 17.9 Å². The minimum atomic E-state index is -1.25. The van der Waals surface area contributed by atoms with E-state index in [1.165, 1.54) is 32.5 Å². The lowest BCUT2D eigenvalue weighted by molar-refractivity contribution is -0.150. The molecular formula is C21H28N4O8S. The quantitative estimate of drug-likeness (QED) is 0.383. The lowest BCUT2D eigenvalue weighted by Crippen LogP contribution is -2.70. The molecule has 2 atom stereocenters. The molecule has 1 aromatic rings. The number of amides is 2. The fourth-order valence-corrected chi connectivity index (χ4v) is 4.10. The fraction of sp³-hybridized carbons (Fsp3) is 0.429. The summed E-state index contributed by atoms with van der Waals surface area (Å²) in [5, 5.41) is 11.4. The molecule has 0 bridgehead atoms. The number of carboxylic acid groups (broad SMARTS) is 1. The van der Waals surface area contributed by atoms with E-state index in [4.69, 9.17) is 10.5 Å². The predicted molar refractivity (Wildman–Crippen MR) is 123 cm³/mol. The molecule has 2 aliphatic heterocycles. The molecule has 12 nitrogen and oxygen atoms in total. The zero-order valence-corrected chi connectivity index (χ0v) is 20.1. The zero-order chi connectivity index (χ0) is 25.8. The molecule has 0 aromatic carbocycles. The van der Waals surface area contributed by atoms with Crippen LogP contribution in [0.2, 0.25) is 0 Å². The van der Waals surface area contributed by atoms with Crippen molar-refractivity contribution >= 4 is 47.2 Å². The van der Waals surface area contributed by atoms with Crippen molar-refractivity contribution in [1.29, 1.82) is 0 Å². The van der Waals surface area contributed by atoms with Crippen LogP contribution in [0.5, 0.6) is 0 Å². The Bertz CT molecular complexity index is 938. The highest BCUT2D eigenvalue weighted by molar-refractivity contribution is 8.00. The van der Waals surface area contributed by atoms with E-state index < -0.39 is 29.3 Å². The van der Waals surface area contributed by atoms with Crippen LogP contribution in [0.25, 0.3) is 0 Å². The summed E-state index contributed by atoms with van der Waals surface area (Å²) in [6, 6.07) is 2.79. The molecule has 4 N–H and O–H groups in total. The Morgan fingerprint density at radius 3 is 2.15 bits per heavy atom. The van der Waals surface area contributed by atoms with Gasteiger partial charge in [-0.3, -0.25) is 29.1 Å². The van der Waals surface area contributed by atoms with E-state index in [1.807, 2.05) is 0 Å². The first kappa shape index (κ1) is 28.4. The number of carbonyl (C=O) groups excluding carboxylic acids is 4. The standard InChI is InChI=1S/C12H14N2O6S.C5H6N2.C4H8O2/c1-5(15)13-8-10(17)14-9(12(18)19)7(3-20-6(2)16)4-21-11(8)14;6-5-1-3-7-4-2-5;1-3-6-4(2)5/h8,11H,3-4H2,1-2H3,(H,13,15)(H,18,19);1-4H,(H2,6,7);3H2,1-2H3/t8-,11-;;/m1../s1. The number of aliphatic carboxylic acids is 1. The van der Waals surface area contributed by atoms with Crippen molar-refractivity contribution < 1.29 is 38.6 Å². The van der Waals surface area contributed by atoms with Gasteiger partial charge in [-0.05, 0) is 19.1 Å². The number of β-lactam (4-membered cyclic amide) rings is 1. The van der Waals surface area contributed by atoms with Gasteiger partial charge in [0.05, 0.1) is 6.61 Å². The Hall–Kier alpha value is -3.61. The summed E-state index contributed by atoms with van der Waals surface area (Å²) < 4.78 is 9.22. The molecule has 34 heavy (non-hydrogen) atoms. The van der Waals surface area contributed by atoms with Crippen LogP contribution in [0, 0.1) is 0 Å². The van der Waals surface area contributed by atoms with Crippen molar-refractivity contribution in [3.8, 4) is 0 Å². The summed E-state index contributed by atoms with van der Waals surface area (Å²) in [5.41, 5.74) is 6.29. The van der Waals surface area contributed by atoms with Crippen molar-refractivity contribution in [3.63, 3.8) is 0 Å². The first-order chi connectivity index (χ1) is 16.0. The summed E-state index contributed by atoms with van der Waals surface area (Å²) in [6.07, 6.45) is 3.32. The maximum atomic E-state index is 12.0. The van der Waals surface area contributed by atoms with Crippen LogP contribution in [0.4, 0.5) is 5.69 Å². The van der Waals surface area contributed by atoms with E-state index in [0.717, 1.165) is 10.6 Å². The van der Waals surface area contributed by atoms with E-state index >= 15 is 0 Å². The van der Waals surface area contributed by atoms with Crippen LogP contribution < -0.4 is 11.1 Å². The molecule has 186 valence electrons. The fourth-order valence-electron chi connectivity index (χ4n) is 2.77. The summed E-state index contributed by atoms with van der Waals surface area (Å²) in [7, 11) is 0. The molecule has 0 aliphatic carbocycles. The topological polar surface area (TPSA) is 178 Å². The Balaban J connectivity index is 0.000000362. The number of ether oxygens (including phenoxy) is 2. The molecule has 0 spiro atoms. The van der Waals surface area contributed by atoms with Gasteiger partial charge in [0.15, 0.2) is 0 Å². The second kappa shape index (κ2) is 13.8. The van der Waals surface area contributed by atoms with Gasteiger partial charge in [0.25, 0.3) is 5.91 Å². The van der Waals surface area contributed by atoms with Crippen molar-refractivity contribution in [1.82, 2.24) is 15.2 Å². The summed E-state index contributed by atoms with van der Waals surface area (Å²) in [6.45, 7) is 6.01. The maximum Gasteiger partial charge on any atom is 0.352 e. The average Bonchev–Trinajstić information content (AvgIpc) is 2.76. The summed E-state index contributed by atoms with van der Waals surface area (Å²) >= 11 is 1.33. The maximum absolute atomic E-state index is 12.0. The van der Waals surface area contributed by atoms with E-state index in [0.29, 0.717) is 17.9 Å². The van der Waals surface area contributed by atoms with Crippen LogP contribution >= 0.6 is 11.8 Å². The molecule has 0 unspecified atom stereocenters. The van der Waals surface area contributed by atoms with Crippen LogP contribution in [0.3, 0.4) is 0 Å². The largest absolute Gasteiger partial charge is 0.477 e. The molecule has 0 radical (unpaired) electrons. The molecule has 2 amide bonds. The third kappa shape index (κ3) is 8.73. The molecule has 0 saturated carbocycles. The predicted octanol–water partition coefficient (Wildman–Crippen LogP) is 0.541. The SMILES string of the molecule is CC(=O)N[C@@H]1C(=O)N2C(C(=O)O)=C(COC(C)=O)CS[C@H]12.CCOC(C)=O.Nc1ccncc1. The number of anilines is 1. The molecule has 1 fully saturated rings. The number of nitrogens with two attached hydrogens (primary N) is 1. The highest BCUT2D eigenvalue weighted by atomic mass is 32.2. The average molecular weight is 497 g/mol. The molecule has 13 heteroatoms. The molecule has 2 aliphatic rings. The third-order valence-electron chi connectivity index (χ3n) is 4.11. The highest BCUT2D eigenvalue weighted by Gasteiger charge is 2.54. The summed E-state index contributed by atoms with van der Waals surface area (Å²) in [5.74, 6) is -2.49. The summed E-state index contributed by atoms with van der Waals surface area (Å²) in [4.78, 5) is 60.0. The van der Waals surface area contributed by atoms with Crippen LogP contribution in [0.1, 0.15) is 27.7 Å². The highest BCUT2D eigenvalue weighted by Crippen LogP contribution is 2.40. The molecule has 1 aromatic heterocycles. The first-order valence-corrected chi connectivity index (χ1v) is 11.1. The van der Waals surface area contributed by atoms with Crippen LogP contribution in [-0.4, -0.2) is 75.1 Å². The lowest BCUT2D eigenvalue weighted by atomic mass is 10.0. The van der Waals surface area contributed by atoms with Gasteiger partial charge in [0.1, 0.15) is 23.7 Å². The number of rotatable bonds is 5. The van der Waals surface area contributed by atoms with Gasteiger partial charge in [0.2, 0.25) is 5.91 Å². The normalized spacial score (nSPS) is 18.0. The zero-order valence-electron chi connectivity index (χ0n) is 19.3. The van der Waals surface area contributed by atoms with E-state index in [9.17, 15) is 29.1 Å². The Morgan fingerprint density at radius 2 is 1.76 bits per heavy atom. The van der Waals surface area contributed by atoms with Crippen molar-refractivity contribution in [3.05, 3.63) is 35.8 Å². The lowest BCUT2D eigenvalue weighted by Gasteiger charge is -2.49. The van der Waals surface area contributed by atoms with Crippen LogP contribution in [0.15, 0.2) is 35.8 Å². The van der Waals surface area contributed by atoms with Gasteiger partial charge in [-0.2, -0.15) is 0 Å². The second-order valence-electron chi connectivity index (χ2n) is 6.83. The minimum Gasteiger partial charge on any atom is -0.477 e. The van der Waals surface area contributed by atoms with Crippen molar-refractivity contribution in [2.45, 2.75) is 39.1 Å². The number of carboxylic acids is 1. The van der Waals surface area contributed by atoms with Crippen molar-refractivity contribution in [2.24, 2.45) is 0 Å². The van der Waals surface area contributed by atoms with Gasteiger partial charge in [-0.15, -0.1) is 11.8 Å². The smallest absolute Gasteiger partial charge is 0.352 e. The van der Waals surface area contributed by atoms with E-state index in [2.05, 4.69) is 15.0 Å². The Kier molecular flexibility index (Phi) is 11.6. The number of aromatic nitrogens is 1. The number of fused-ring (bicyclic) bond motifs is 1. The molecule has 3 rings (SSSR count). The van der Waals surface area contributed by atoms with Gasteiger partial charge in [-0.25, -0.2) is 4.79 Å². The molecular weight excluding hydrogens is 468 g/mol. The van der Waals surface area contributed by atoms with Gasteiger partial charge in [-0.1, -0.05) is 0 Å². The Morgan fingerprint density at radius 1 is 1.18 bits per heavy atom. The first-order valence-electron chi connectivity index (χ1n) is 10.1. The van der Waals surface area contributed by atoms with E-state index in [-0.39, 0.29) is 24.2 Å². The van der Waals surface area contributed by atoms with Crippen molar-refractivity contribution in [2.75, 3.05) is 24.7 Å². The number of hydrogen-bond donors (Lipinski definition) is 3. The van der Waals surface area contributed by atoms with Crippen LogP contribution in [-0.2, 0) is 33.4 Å². The number of thioether (sulfide) groups is 1.